The maximum atomic E-state index is 8.58. The minimum Gasteiger partial charge on any atom is -0.316 e. The van der Waals surface area contributed by atoms with E-state index < -0.39 is 0 Å². The molecule has 1 aliphatic carbocycles. The van der Waals surface area contributed by atoms with Crippen LogP contribution in [0.5, 0.6) is 0 Å². The van der Waals surface area contributed by atoms with E-state index in [0.717, 1.165) is 25.4 Å². The van der Waals surface area contributed by atoms with Crippen LogP contribution in [0.15, 0.2) is 12.2 Å². The first-order chi connectivity index (χ1) is 7.64. The molecule has 0 heterocycles. The molecule has 0 aromatic carbocycles. The molecule has 0 spiro atoms. The van der Waals surface area contributed by atoms with Gasteiger partial charge in [-0.25, -0.2) is 0 Å². The number of nitrogens with one attached hydrogen (secondary N) is 1. The first kappa shape index (κ1) is 13.3. The minimum absolute atomic E-state index is 0.250. The summed E-state index contributed by atoms with van der Waals surface area (Å²) < 4.78 is 0. The molecule has 2 nitrogen and oxygen atoms in total. The average molecular weight is 220 g/mol. The normalized spacial score (nSPS) is 20.7. The van der Waals surface area contributed by atoms with Gasteiger partial charge in [-0.2, -0.15) is 5.26 Å². The lowest BCUT2D eigenvalue weighted by atomic mass is 9.87. The Labute approximate surface area is 99.7 Å². The minimum atomic E-state index is 0.250. The number of hydrogen-bond acceptors (Lipinski definition) is 2. The van der Waals surface area contributed by atoms with Gasteiger partial charge in [0.25, 0.3) is 0 Å². The second kappa shape index (κ2) is 6.70. The predicted molar refractivity (Wildman–Crippen MR) is 68.0 cm³/mol. The zero-order valence-electron chi connectivity index (χ0n) is 10.6. The molecule has 1 rings (SSSR count). The first-order valence-electron chi connectivity index (χ1n) is 6.37. The van der Waals surface area contributed by atoms with Crippen molar-refractivity contribution in [3.63, 3.8) is 0 Å². The third kappa shape index (κ3) is 5.32. The summed E-state index contributed by atoms with van der Waals surface area (Å²) in [5.74, 6) is 0.816. The van der Waals surface area contributed by atoms with Crippen molar-refractivity contribution in [2.45, 2.75) is 46.0 Å². The van der Waals surface area contributed by atoms with Gasteiger partial charge < -0.3 is 5.32 Å². The van der Waals surface area contributed by atoms with Crippen molar-refractivity contribution < 1.29 is 0 Å². The third-order valence-corrected chi connectivity index (χ3v) is 3.33. The maximum Gasteiger partial charge on any atom is 0.0621 e. The molecule has 0 bridgehead atoms. The van der Waals surface area contributed by atoms with Crippen molar-refractivity contribution in [3.8, 4) is 6.07 Å². The van der Waals surface area contributed by atoms with Crippen LogP contribution >= 0.6 is 0 Å². The van der Waals surface area contributed by atoms with Crippen LogP contribution in [0.25, 0.3) is 0 Å². The van der Waals surface area contributed by atoms with Crippen LogP contribution in [0.3, 0.4) is 0 Å². The summed E-state index contributed by atoms with van der Waals surface area (Å²) in [5.41, 5.74) is 0.250. The Kier molecular flexibility index (Phi) is 5.55. The second-order valence-corrected chi connectivity index (χ2v) is 5.60. The van der Waals surface area contributed by atoms with Crippen LogP contribution in [0, 0.1) is 22.7 Å². The highest BCUT2D eigenvalue weighted by molar-refractivity contribution is 4.90. The third-order valence-electron chi connectivity index (χ3n) is 3.33. The van der Waals surface area contributed by atoms with Gasteiger partial charge in [0.05, 0.1) is 6.07 Å². The summed E-state index contributed by atoms with van der Waals surface area (Å²) in [5, 5.41) is 12.1. The van der Waals surface area contributed by atoms with Crippen molar-refractivity contribution in [1.29, 1.82) is 5.26 Å². The van der Waals surface area contributed by atoms with Crippen LogP contribution in [-0.2, 0) is 0 Å². The lowest BCUT2D eigenvalue weighted by molar-refractivity contribution is 0.303. The average Bonchev–Trinajstić information content (AvgIpc) is 2.28. The largest absolute Gasteiger partial charge is 0.316 e. The van der Waals surface area contributed by atoms with E-state index in [1.807, 2.05) is 0 Å². The molecule has 0 fully saturated rings. The van der Waals surface area contributed by atoms with Gasteiger partial charge in [-0.05, 0) is 43.6 Å². The Bertz CT molecular complexity index is 260. The van der Waals surface area contributed by atoms with Gasteiger partial charge in [0.15, 0.2) is 0 Å². The van der Waals surface area contributed by atoms with Crippen molar-refractivity contribution >= 4 is 0 Å². The topological polar surface area (TPSA) is 35.8 Å². The van der Waals surface area contributed by atoms with E-state index in [-0.39, 0.29) is 5.41 Å². The fourth-order valence-corrected chi connectivity index (χ4v) is 2.14. The van der Waals surface area contributed by atoms with E-state index in [9.17, 15) is 0 Å². The van der Waals surface area contributed by atoms with E-state index in [2.05, 4.69) is 37.4 Å². The zero-order chi connectivity index (χ0) is 11.9. The molecular formula is C14H24N2. The summed E-state index contributed by atoms with van der Waals surface area (Å²) in [6, 6.07) is 2.23. The molecule has 0 amide bonds. The molecule has 90 valence electrons. The van der Waals surface area contributed by atoms with Gasteiger partial charge in [-0.3, -0.25) is 0 Å². The fraction of sp³-hybridized carbons (Fsp3) is 0.786. The van der Waals surface area contributed by atoms with Crippen molar-refractivity contribution in [1.82, 2.24) is 5.32 Å². The Hall–Kier alpha value is -0.810. The quantitative estimate of drug-likeness (QED) is 0.697. The van der Waals surface area contributed by atoms with E-state index >= 15 is 0 Å². The summed E-state index contributed by atoms with van der Waals surface area (Å²) in [7, 11) is 0. The van der Waals surface area contributed by atoms with E-state index in [0.29, 0.717) is 6.42 Å². The standard InChI is InChI=1S/C14H24N2/c1-14(2,9-6-10-15)12-16-11-13-7-4-3-5-8-13/h3-4,13,16H,5-9,11-12H2,1-2H3. The predicted octanol–water partition coefficient (Wildman–Crippen LogP) is 3.26. The van der Waals surface area contributed by atoms with Crippen molar-refractivity contribution in [3.05, 3.63) is 12.2 Å². The number of hydrogen-bond donors (Lipinski definition) is 1. The Balaban J connectivity index is 2.14. The molecule has 0 aromatic rings. The van der Waals surface area contributed by atoms with Crippen molar-refractivity contribution in [2.75, 3.05) is 13.1 Å². The molecule has 0 saturated carbocycles. The number of allylic oxidation sites excluding steroid dienone is 2. The highest BCUT2D eigenvalue weighted by Crippen LogP contribution is 2.22. The molecule has 1 atom stereocenters. The van der Waals surface area contributed by atoms with Crippen LogP contribution in [-0.4, -0.2) is 13.1 Å². The number of rotatable bonds is 6. The van der Waals surface area contributed by atoms with Gasteiger partial charge in [0.2, 0.25) is 0 Å². The van der Waals surface area contributed by atoms with Gasteiger partial charge in [0, 0.05) is 13.0 Å². The van der Waals surface area contributed by atoms with Crippen LogP contribution in [0.4, 0.5) is 0 Å². The Morgan fingerprint density at radius 3 is 2.88 bits per heavy atom. The molecule has 1 aliphatic rings. The van der Waals surface area contributed by atoms with E-state index in [1.165, 1.54) is 19.3 Å². The molecule has 0 aromatic heterocycles. The second-order valence-electron chi connectivity index (χ2n) is 5.60. The molecular weight excluding hydrogens is 196 g/mol. The van der Waals surface area contributed by atoms with Gasteiger partial charge in [-0.15, -0.1) is 0 Å². The van der Waals surface area contributed by atoms with Gasteiger partial charge in [-0.1, -0.05) is 26.0 Å². The van der Waals surface area contributed by atoms with Crippen molar-refractivity contribution in [2.24, 2.45) is 11.3 Å². The zero-order valence-corrected chi connectivity index (χ0v) is 10.6. The lowest BCUT2D eigenvalue weighted by Gasteiger charge is -2.26. The summed E-state index contributed by atoms with van der Waals surface area (Å²) in [6.45, 7) is 6.62. The SMILES string of the molecule is CC(C)(CCC#N)CNCC1CC=CCC1. The highest BCUT2D eigenvalue weighted by atomic mass is 14.9. The van der Waals surface area contributed by atoms with Crippen LogP contribution in [0.1, 0.15) is 46.0 Å². The molecule has 0 saturated heterocycles. The molecule has 1 unspecified atom stereocenters. The Morgan fingerprint density at radius 1 is 1.44 bits per heavy atom. The van der Waals surface area contributed by atoms with Gasteiger partial charge >= 0.3 is 0 Å². The molecule has 0 radical (unpaired) electrons. The summed E-state index contributed by atoms with van der Waals surface area (Å²) in [6.07, 6.45) is 10.0. The molecule has 1 N–H and O–H groups in total. The smallest absolute Gasteiger partial charge is 0.0621 e. The number of nitrogens with zero attached hydrogens (tertiary/aromatic N) is 1. The molecule has 16 heavy (non-hydrogen) atoms. The van der Waals surface area contributed by atoms with E-state index in [4.69, 9.17) is 5.26 Å². The number of nitriles is 1. The summed E-state index contributed by atoms with van der Waals surface area (Å²) >= 11 is 0. The van der Waals surface area contributed by atoms with Gasteiger partial charge in [0.1, 0.15) is 0 Å². The summed E-state index contributed by atoms with van der Waals surface area (Å²) in [4.78, 5) is 0. The fourth-order valence-electron chi connectivity index (χ4n) is 2.14. The van der Waals surface area contributed by atoms with E-state index in [1.54, 1.807) is 0 Å². The van der Waals surface area contributed by atoms with Crippen LogP contribution < -0.4 is 5.32 Å². The highest BCUT2D eigenvalue weighted by Gasteiger charge is 2.17. The first-order valence-corrected chi connectivity index (χ1v) is 6.37. The Morgan fingerprint density at radius 2 is 2.25 bits per heavy atom. The monoisotopic (exact) mass is 220 g/mol. The lowest BCUT2D eigenvalue weighted by Crippen LogP contribution is -2.33. The molecule has 2 heteroatoms. The molecule has 0 aliphatic heterocycles. The maximum absolute atomic E-state index is 8.58. The van der Waals surface area contributed by atoms with Crippen LogP contribution in [0.2, 0.25) is 0 Å².